The Labute approximate surface area is 168 Å². The number of nitrogens with zero attached hydrogens (tertiary/aromatic N) is 1. The lowest BCUT2D eigenvalue weighted by molar-refractivity contribution is -0.139. The number of oxazole rings is 1. The maximum atomic E-state index is 12.8. The molecule has 3 rings (SSSR count). The molecule has 0 saturated carbocycles. The van der Waals surface area contributed by atoms with Gasteiger partial charge in [-0.1, -0.05) is 6.07 Å². The number of benzene rings is 2. The van der Waals surface area contributed by atoms with Gasteiger partial charge < -0.3 is 14.3 Å². The van der Waals surface area contributed by atoms with Crippen molar-refractivity contribution in [2.75, 3.05) is 11.3 Å². The third kappa shape index (κ3) is 4.75. The van der Waals surface area contributed by atoms with E-state index in [1.165, 1.54) is 18.2 Å². The molecular weight excluding hydrogens is 396 g/mol. The Hall–Kier alpha value is -3.33. The molecule has 9 heteroatoms. The van der Waals surface area contributed by atoms with Crippen molar-refractivity contribution < 1.29 is 27.5 Å². The van der Waals surface area contributed by atoms with Crippen LogP contribution in [0.4, 0.5) is 5.69 Å². The molecule has 0 saturated heterocycles. The van der Waals surface area contributed by atoms with Crippen LogP contribution in [0.1, 0.15) is 17.0 Å². The molecule has 0 bridgehead atoms. The second-order valence-electron chi connectivity index (χ2n) is 6.46. The molecule has 0 spiro atoms. The number of ether oxygens (including phenoxy) is 1. The molecule has 8 nitrogen and oxygen atoms in total. The maximum Gasteiger partial charge on any atom is 0.341 e. The van der Waals surface area contributed by atoms with Crippen LogP contribution in [0.5, 0.6) is 5.75 Å². The summed E-state index contributed by atoms with van der Waals surface area (Å²) in [6.45, 7) is 4.79. The first-order valence-corrected chi connectivity index (χ1v) is 10.2. The molecule has 1 aromatic heterocycles. The summed E-state index contributed by atoms with van der Waals surface area (Å²) in [6, 6.07) is 11.0. The van der Waals surface area contributed by atoms with Crippen molar-refractivity contribution in [1.29, 1.82) is 0 Å². The number of sulfonamides is 1. The van der Waals surface area contributed by atoms with Gasteiger partial charge in [-0.25, -0.2) is 18.2 Å². The van der Waals surface area contributed by atoms with Crippen molar-refractivity contribution in [1.82, 2.24) is 4.98 Å². The normalized spacial score (nSPS) is 11.3. The van der Waals surface area contributed by atoms with Crippen LogP contribution in [0.3, 0.4) is 0 Å². The van der Waals surface area contributed by atoms with E-state index in [4.69, 9.17) is 14.3 Å². The summed E-state index contributed by atoms with van der Waals surface area (Å²) in [5.41, 5.74) is 2.29. The second kappa shape index (κ2) is 7.96. The molecule has 0 amide bonds. The topological polar surface area (TPSA) is 119 Å². The van der Waals surface area contributed by atoms with E-state index < -0.39 is 22.6 Å². The van der Waals surface area contributed by atoms with Gasteiger partial charge in [-0.05, 0) is 62.7 Å². The SMILES string of the molecule is Cc1cc(S(=O)(=O)Nc2cccc(-c3nc(C)c(C)o3)c2)ccc1OCC(=O)O. The Morgan fingerprint density at radius 1 is 1.17 bits per heavy atom. The summed E-state index contributed by atoms with van der Waals surface area (Å²) >= 11 is 0. The summed E-state index contributed by atoms with van der Waals surface area (Å²) in [5.74, 6) is 0.311. The first kappa shape index (κ1) is 20.4. The standard InChI is InChI=1S/C20H20N2O6S/c1-12-9-17(7-8-18(12)27-11-19(23)24)29(25,26)22-16-6-4-5-15(10-16)20-21-13(2)14(3)28-20/h4-10,22H,11H2,1-3H3,(H,23,24). The largest absolute Gasteiger partial charge is 0.482 e. The van der Waals surface area contributed by atoms with Crippen molar-refractivity contribution in [3.8, 4) is 17.2 Å². The van der Waals surface area contributed by atoms with E-state index in [1.54, 1.807) is 31.2 Å². The van der Waals surface area contributed by atoms with E-state index in [1.807, 2.05) is 13.8 Å². The van der Waals surface area contributed by atoms with Crippen molar-refractivity contribution in [3.63, 3.8) is 0 Å². The van der Waals surface area contributed by atoms with Crippen LogP contribution < -0.4 is 9.46 Å². The molecule has 0 aliphatic carbocycles. The van der Waals surface area contributed by atoms with E-state index in [2.05, 4.69) is 9.71 Å². The third-order valence-corrected chi connectivity index (χ3v) is 5.58. The maximum absolute atomic E-state index is 12.8. The van der Waals surface area contributed by atoms with Gasteiger partial charge in [-0.3, -0.25) is 4.72 Å². The summed E-state index contributed by atoms with van der Waals surface area (Å²) < 4.78 is 38.8. The Bertz CT molecular complexity index is 1150. The Kier molecular flexibility index (Phi) is 5.60. The quantitative estimate of drug-likeness (QED) is 0.605. The predicted molar refractivity (Wildman–Crippen MR) is 107 cm³/mol. The lowest BCUT2D eigenvalue weighted by Gasteiger charge is -2.12. The van der Waals surface area contributed by atoms with Crippen LogP contribution in [0, 0.1) is 20.8 Å². The molecule has 0 atom stereocenters. The minimum atomic E-state index is -3.86. The molecular formula is C20H20N2O6S. The van der Waals surface area contributed by atoms with Gasteiger partial charge in [-0.15, -0.1) is 0 Å². The van der Waals surface area contributed by atoms with Crippen LogP contribution in [-0.4, -0.2) is 31.1 Å². The van der Waals surface area contributed by atoms with Crippen LogP contribution >= 0.6 is 0 Å². The van der Waals surface area contributed by atoms with E-state index in [-0.39, 0.29) is 4.90 Å². The number of aryl methyl sites for hydroxylation is 3. The average molecular weight is 416 g/mol. The molecule has 3 aromatic rings. The number of anilines is 1. The Morgan fingerprint density at radius 2 is 1.93 bits per heavy atom. The van der Waals surface area contributed by atoms with Crippen LogP contribution in [0.25, 0.3) is 11.5 Å². The zero-order valence-electron chi connectivity index (χ0n) is 16.1. The van der Waals surface area contributed by atoms with Crippen molar-refractivity contribution >= 4 is 21.7 Å². The highest BCUT2D eigenvalue weighted by Crippen LogP contribution is 2.27. The van der Waals surface area contributed by atoms with Gasteiger partial charge in [0, 0.05) is 11.3 Å². The molecule has 29 heavy (non-hydrogen) atoms. The zero-order chi connectivity index (χ0) is 21.2. The summed E-state index contributed by atoms with van der Waals surface area (Å²) in [5, 5.41) is 8.69. The predicted octanol–water partition coefficient (Wildman–Crippen LogP) is 3.53. The number of aromatic nitrogens is 1. The van der Waals surface area contributed by atoms with E-state index >= 15 is 0 Å². The first-order chi connectivity index (χ1) is 13.7. The second-order valence-corrected chi connectivity index (χ2v) is 8.14. The molecule has 0 radical (unpaired) electrons. The number of aliphatic carboxylic acids is 1. The van der Waals surface area contributed by atoms with Gasteiger partial charge in [0.2, 0.25) is 5.89 Å². The highest BCUT2D eigenvalue weighted by molar-refractivity contribution is 7.92. The van der Waals surface area contributed by atoms with E-state index in [0.717, 1.165) is 5.69 Å². The first-order valence-electron chi connectivity index (χ1n) is 8.68. The molecule has 0 fully saturated rings. The smallest absolute Gasteiger partial charge is 0.341 e. The van der Waals surface area contributed by atoms with Crippen molar-refractivity contribution in [2.24, 2.45) is 0 Å². The molecule has 2 aromatic carbocycles. The molecule has 0 aliphatic heterocycles. The fraction of sp³-hybridized carbons (Fsp3) is 0.200. The number of hydrogen-bond donors (Lipinski definition) is 2. The summed E-state index contributed by atoms with van der Waals surface area (Å²) in [4.78, 5) is 15.0. The molecule has 1 heterocycles. The van der Waals surface area contributed by atoms with Gasteiger partial charge >= 0.3 is 5.97 Å². The molecule has 0 aliphatic rings. The number of carboxylic acids is 1. The summed E-state index contributed by atoms with van der Waals surface area (Å²) in [7, 11) is -3.86. The number of rotatable bonds is 7. The fourth-order valence-corrected chi connectivity index (χ4v) is 3.75. The highest BCUT2D eigenvalue weighted by Gasteiger charge is 2.17. The molecule has 2 N–H and O–H groups in total. The minimum absolute atomic E-state index is 0.0332. The number of hydrogen-bond acceptors (Lipinski definition) is 6. The van der Waals surface area contributed by atoms with E-state index in [9.17, 15) is 13.2 Å². The van der Waals surface area contributed by atoms with Gasteiger partial charge in [-0.2, -0.15) is 0 Å². The average Bonchev–Trinajstić information content (AvgIpc) is 2.99. The van der Waals surface area contributed by atoms with Gasteiger partial charge in [0.15, 0.2) is 6.61 Å². The van der Waals surface area contributed by atoms with Gasteiger partial charge in [0.25, 0.3) is 10.0 Å². The monoisotopic (exact) mass is 416 g/mol. The van der Waals surface area contributed by atoms with E-state index in [0.29, 0.717) is 34.2 Å². The molecule has 0 unspecified atom stereocenters. The number of nitrogens with one attached hydrogen (secondary N) is 1. The lowest BCUT2D eigenvalue weighted by Crippen LogP contribution is -2.14. The van der Waals surface area contributed by atoms with Crippen molar-refractivity contribution in [3.05, 3.63) is 59.5 Å². The van der Waals surface area contributed by atoms with Crippen LogP contribution in [0.2, 0.25) is 0 Å². The van der Waals surface area contributed by atoms with Crippen LogP contribution in [0.15, 0.2) is 51.8 Å². The molecule has 152 valence electrons. The van der Waals surface area contributed by atoms with Gasteiger partial charge in [0.05, 0.1) is 10.6 Å². The van der Waals surface area contributed by atoms with Crippen LogP contribution in [-0.2, 0) is 14.8 Å². The highest BCUT2D eigenvalue weighted by atomic mass is 32.2. The number of carbonyl (C=O) groups is 1. The zero-order valence-corrected chi connectivity index (χ0v) is 16.9. The minimum Gasteiger partial charge on any atom is -0.482 e. The summed E-state index contributed by atoms with van der Waals surface area (Å²) in [6.07, 6.45) is 0. The van der Waals surface area contributed by atoms with Gasteiger partial charge in [0.1, 0.15) is 11.5 Å². The number of carboxylic acid groups (broad SMARTS) is 1. The lowest BCUT2D eigenvalue weighted by atomic mass is 10.2. The Morgan fingerprint density at radius 3 is 2.55 bits per heavy atom. The third-order valence-electron chi connectivity index (χ3n) is 4.20. The van der Waals surface area contributed by atoms with Crippen molar-refractivity contribution in [2.45, 2.75) is 25.7 Å². The fourth-order valence-electron chi connectivity index (χ4n) is 2.62. The Balaban J connectivity index is 1.83.